The molecule has 0 saturated carbocycles. The number of thiol groups is 2. The van der Waals surface area contributed by atoms with Crippen molar-refractivity contribution in [3.05, 3.63) is 31.0 Å². The van der Waals surface area contributed by atoms with Crippen molar-refractivity contribution < 1.29 is 0 Å². The number of hydrogen-bond donors (Lipinski definition) is 2. The Hall–Kier alpha value is -1.47. The summed E-state index contributed by atoms with van der Waals surface area (Å²) in [7, 11) is 0. The highest BCUT2D eigenvalue weighted by Gasteiger charge is 2.02. The van der Waals surface area contributed by atoms with Crippen molar-refractivity contribution in [1.82, 2.24) is 19.9 Å². The summed E-state index contributed by atoms with van der Waals surface area (Å²) in [6.07, 6.45) is 6.23. The third-order valence-electron chi connectivity index (χ3n) is 1.69. The molecule has 0 fully saturated rings. The molecule has 80 valence electrons. The van der Waals surface area contributed by atoms with Crippen LogP contribution in [-0.4, -0.2) is 24.3 Å². The average Bonchev–Trinajstić information content (AvgIpc) is 2.30. The van der Waals surface area contributed by atoms with Gasteiger partial charge in [0.1, 0.15) is 16.4 Å². The van der Waals surface area contributed by atoms with Crippen LogP contribution in [0.5, 0.6) is 0 Å². The van der Waals surface area contributed by atoms with E-state index in [1.807, 2.05) is 0 Å². The van der Waals surface area contributed by atoms with Crippen molar-refractivity contribution in [3.63, 3.8) is 0 Å². The van der Waals surface area contributed by atoms with Crippen LogP contribution in [0.1, 0.15) is 0 Å². The third-order valence-corrected chi connectivity index (χ3v) is 1.89. The van der Waals surface area contributed by atoms with E-state index < -0.39 is 0 Å². The van der Waals surface area contributed by atoms with Crippen molar-refractivity contribution in [2.75, 3.05) is 0 Å². The van der Waals surface area contributed by atoms with Crippen molar-refractivity contribution in [1.29, 1.82) is 0 Å². The Kier molecular flexibility index (Phi) is 3.47. The molecule has 0 N–H and O–H groups in total. The number of nitrogens with zero attached hydrogens (tertiary/aromatic N) is 5. The molecular formula is C9H7N5S2. The topological polar surface area (TPSA) is 63.9 Å². The zero-order valence-corrected chi connectivity index (χ0v) is 9.81. The smallest absolute Gasteiger partial charge is 0.157 e. The van der Waals surface area contributed by atoms with E-state index in [1.54, 1.807) is 24.7 Å². The lowest BCUT2D eigenvalue weighted by molar-refractivity contribution is 1.12. The SMILES string of the molecule is SC(S)=Nc1cc(-c2cnccn2)ncn1. The Morgan fingerprint density at radius 3 is 2.62 bits per heavy atom. The molecule has 0 aliphatic heterocycles. The highest BCUT2D eigenvalue weighted by atomic mass is 32.2. The molecule has 0 bridgehead atoms. The van der Waals surface area contributed by atoms with Crippen LogP contribution in [0.4, 0.5) is 5.82 Å². The van der Waals surface area contributed by atoms with Gasteiger partial charge in [0.05, 0.1) is 11.9 Å². The van der Waals surface area contributed by atoms with Crippen LogP contribution in [0.15, 0.2) is 36.0 Å². The van der Waals surface area contributed by atoms with Crippen LogP contribution in [-0.2, 0) is 0 Å². The molecule has 2 aromatic rings. The first-order chi connectivity index (χ1) is 7.75. The Balaban J connectivity index is 2.41. The predicted molar refractivity (Wildman–Crippen MR) is 68.1 cm³/mol. The fourth-order valence-electron chi connectivity index (χ4n) is 1.08. The van der Waals surface area contributed by atoms with E-state index in [2.05, 4.69) is 50.2 Å². The fourth-order valence-corrected chi connectivity index (χ4v) is 1.29. The minimum atomic E-state index is 0.337. The second-order valence-electron chi connectivity index (χ2n) is 2.76. The van der Waals surface area contributed by atoms with Crippen LogP contribution in [0.2, 0.25) is 0 Å². The molecule has 2 rings (SSSR count). The van der Waals surface area contributed by atoms with Crippen LogP contribution < -0.4 is 0 Å². The highest BCUT2D eigenvalue weighted by Crippen LogP contribution is 2.17. The van der Waals surface area contributed by atoms with Gasteiger partial charge in [-0.3, -0.25) is 9.97 Å². The molecule has 0 saturated heterocycles. The summed E-state index contributed by atoms with van der Waals surface area (Å²) in [5.74, 6) is 0.482. The number of aromatic nitrogens is 4. The Morgan fingerprint density at radius 2 is 1.94 bits per heavy atom. The Morgan fingerprint density at radius 1 is 1.06 bits per heavy atom. The molecule has 0 radical (unpaired) electrons. The highest BCUT2D eigenvalue weighted by molar-refractivity contribution is 8.23. The average molecular weight is 249 g/mol. The van der Waals surface area contributed by atoms with E-state index in [4.69, 9.17) is 0 Å². The van der Waals surface area contributed by atoms with Crippen molar-refractivity contribution in [2.24, 2.45) is 4.99 Å². The van der Waals surface area contributed by atoms with E-state index in [-0.39, 0.29) is 0 Å². The van der Waals surface area contributed by atoms with Crippen LogP contribution in [0.3, 0.4) is 0 Å². The Labute approximate surface area is 103 Å². The maximum absolute atomic E-state index is 4.13. The van der Waals surface area contributed by atoms with Gasteiger partial charge in [0.25, 0.3) is 0 Å². The molecule has 0 aliphatic rings. The first-order valence-corrected chi connectivity index (χ1v) is 5.20. The van der Waals surface area contributed by atoms with Gasteiger partial charge in [0, 0.05) is 18.5 Å². The van der Waals surface area contributed by atoms with Gasteiger partial charge in [-0.05, 0) is 0 Å². The summed E-state index contributed by atoms with van der Waals surface area (Å²) in [5, 5.41) is 0. The normalized spacial score (nSPS) is 9.88. The Bertz CT molecular complexity index is 510. The molecule has 2 heterocycles. The zero-order chi connectivity index (χ0) is 11.4. The van der Waals surface area contributed by atoms with Gasteiger partial charge in [-0.1, -0.05) is 0 Å². The van der Waals surface area contributed by atoms with Crippen molar-refractivity contribution >= 4 is 35.5 Å². The van der Waals surface area contributed by atoms with Crippen LogP contribution in [0.25, 0.3) is 11.4 Å². The number of hydrogen-bond acceptors (Lipinski definition) is 5. The van der Waals surface area contributed by atoms with E-state index in [0.717, 1.165) is 0 Å². The largest absolute Gasteiger partial charge is 0.261 e. The predicted octanol–water partition coefficient (Wildman–Crippen LogP) is 1.78. The summed E-state index contributed by atoms with van der Waals surface area (Å²) in [4.78, 5) is 20.1. The fraction of sp³-hybridized carbons (Fsp3) is 0. The summed E-state index contributed by atoms with van der Waals surface area (Å²) < 4.78 is 0.337. The molecule has 2 aromatic heterocycles. The lowest BCUT2D eigenvalue weighted by atomic mass is 10.3. The molecule has 0 atom stereocenters. The van der Waals surface area contributed by atoms with Gasteiger partial charge in [-0.25, -0.2) is 15.0 Å². The molecule has 7 heteroatoms. The van der Waals surface area contributed by atoms with Crippen LogP contribution >= 0.6 is 25.3 Å². The van der Waals surface area contributed by atoms with Gasteiger partial charge in [0.15, 0.2) is 5.82 Å². The minimum absolute atomic E-state index is 0.337. The van der Waals surface area contributed by atoms with E-state index in [1.165, 1.54) is 6.33 Å². The second kappa shape index (κ2) is 5.04. The summed E-state index contributed by atoms with van der Waals surface area (Å²) in [6, 6.07) is 1.69. The number of aliphatic imine (C=N–C) groups is 1. The molecule has 0 spiro atoms. The molecule has 0 unspecified atom stereocenters. The van der Waals surface area contributed by atoms with Gasteiger partial charge in [0.2, 0.25) is 0 Å². The van der Waals surface area contributed by atoms with Gasteiger partial charge in [-0.15, -0.1) is 25.3 Å². The zero-order valence-electron chi connectivity index (χ0n) is 8.02. The van der Waals surface area contributed by atoms with E-state index in [9.17, 15) is 0 Å². The van der Waals surface area contributed by atoms with E-state index >= 15 is 0 Å². The molecule has 0 amide bonds. The molecule has 16 heavy (non-hydrogen) atoms. The van der Waals surface area contributed by atoms with Gasteiger partial charge in [-0.2, -0.15) is 0 Å². The van der Waals surface area contributed by atoms with Gasteiger partial charge >= 0.3 is 0 Å². The lowest BCUT2D eigenvalue weighted by Gasteiger charge is -1.99. The quantitative estimate of drug-likeness (QED) is 0.484. The monoisotopic (exact) mass is 249 g/mol. The third kappa shape index (κ3) is 2.77. The maximum Gasteiger partial charge on any atom is 0.157 e. The molecular weight excluding hydrogens is 242 g/mol. The number of rotatable bonds is 2. The molecule has 5 nitrogen and oxygen atoms in total. The summed E-state index contributed by atoms with van der Waals surface area (Å²) >= 11 is 7.91. The first kappa shape index (κ1) is 11.0. The van der Waals surface area contributed by atoms with Crippen molar-refractivity contribution in [3.8, 4) is 11.4 Å². The van der Waals surface area contributed by atoms with Gasteiger partial charge < -0.3 is 0 Å². The molecule has 0 aromatic carbocycles. The lowest BCUT2D eigenvalue weighted by Crippen LogP contribution is -1.89. The standard InChI is InChI=1S/C9H7N5S2/c15-9(16)14-8-3-6(12-5-13-8)7-4-10-1-2-11-7/h1-5H,(H2,12,13,14,15,16). The maximum atomic E-state index is 4.13. The summed E-state index contributed by atoms with van der Waals surface area (Å²) in [6.45, 7) is 0. The second-order valence-corrected chi connectivity index (χ2v) is 3.96. The van der Waals surface area contributed by atoms with Crippen molar-refractivity contribution in [2.45, 2.75) is 0 Å². The van der Waals surface area contributed by atoms with E-state index in [0.29, 0.717) is 21.6 Å². The first-order valence-electron chi connectivity index (χ1n) is 4.31. The summed E-state index contributed by atoms with van der Waals surface area (Å²) in [5.41, 5.74) is 1.32. The minimum Gasteiger partial charge on any atom is -0.261 e. The molecule has 0 aliphatic carbocycles. The van der Waals surface area contributed by atoms with Crippen LogP contribution in [0, 0.1) is 0 Å².